The summed E-state index contributed by atoms with van der Waals surface area (Å²) in [4.78, 5) is 26.6. The number of hydrogen-bond acceptors (Lipinski definition) is 5. The van der Waals surface area contributed by atoms with Gasteiger partial charge in [-0.25, -0.2) is 8.42 Å². The molecule has 0 aliphatic rings. The smallest absolute Gasteiger partial charge is 0.251 e. The van der Waals surface area contributed by atoms with Crippen molar-refractivity contribution in [1.29, 1.82) is 0 Å². The Hall–Kier alpha value is -2.97. The summed E-state index contributed by atoms with van der Waals surface area (Å²) in [5, 5.41) is 0.994. The third kappa shape index (κ3) is 5.52. The maximum Gasteiger partial charge on any atom is 0.251 e. The zero-order chi connectivity index (χ0) is 21.0. The molecule has 0 atom stereocenters. The van der Waals surface area contributed by atoms with Crippen molar-refractivity contribution in [2.75, 3.05) is 31.1 Å². The van der Waals surface area contributed by atoms with E-state index in [0.29, 0.717) is 24.3 Å². The normalized spacial score (nSPS) is 11.7. The molecule has 0 amide bonds. The van der Waals surface area contributed by atoms with Crippen molar-refractivity contribution in [2.24, 2.45) is 0 Å². The highest BCUT2D eigenvalue weighted by atomic mass is 32.2. The lowest BCUT2D eigenvalue weighted by molar-refractivity contribution is 0.0944. The average Bonchev–Trinajstić information content (AvgIpc) is 2.66. The maximum atomic E-state index is 12.5. The number of hydrogen-bond donors (Lipinski definition) is 1. The van der Waals surface area contributed by atoms with Gasteiger partial charge in [-0.1, -0.05) is 18.2 Å². The average molecular weight is 413 g/mol. The molecule has 0 bridgehead atoms. The molecule has 3 rings (SSSR count). The van der Waals surface area contributed by atoms with Crippen LogP contribution in [0.5, 0.6) is 0 Å². The molecule has 152 valence electrons. The Morgan fingerprint density at radius 2 is 1.72 bits per heavy atom. The van der Waals surface area contributed by atoms with E-state index in [1.165, 1.54) is 0 Å². The molecule has 7 nitrogen and oxygen atoms in total. The summed E-state index contributed by atoms with van der Waals surface area (Å²) >= 11 is 0. The molecule has 3 aromatic rings. The van der Waals surface area contributed by atoms with Gasteiger partial charge in [0, 0.05) is 30.4 Å². The predicted octanol–water partition coefficient (Wildman–Crippen LogP) is 2.19. The van der Waals surface area contributed by atoms with Crippen molar-refractivity contribution < 1.29 is 13.2 Å². The minimum Gasteiger partial charge on any atom is -0.307 e. The van der Waals surface area contributed by atoms with Crippen LogP contribution in [0, 0.1) is 0 Å². The van der Waals surface area contributed by atoms with Gasteiger partial charge in [0.1, 0.15) is 0 Å². The van der Waals surface area contributed by atoms with Crippen molar-refractivity contribution in [2.45, 2.75) is 6.54 Å². The Labute approximate surface area is 169 Å². The van der Waals surface area contributed by atoms with Crippen molar-refractivity contribution in [3.8, 4) is 0 Å². The molecule has 0 aliphatic carbocycles. The van der Waals surface area contributed by atoms with E-state index in [1.54, 1.807) is 34.9 Å². The number of benzene rings is 2. The second-order valence-electron chi connectivity index (χ2n) is 6.99. The summed E-state index contributed by atoms with van der Waals surface area (Å²) in [6.45, 7) is 1.20. The van der Waals surface area contributed by atoms with Gasteiger partial charge in [0.25, 0.3) is 5.56 Å². The zero-order valence-electron chi connectivity index (χ0n) is 16.3. The summed E-state index contributed by atoms with van der Waals surface area (Å²) in [5.74, 6) is -0.0799. The Bertz CT molecular complexity index is 1180. The monoisotopic (exact) mass is 413 g/mol. The first-order chi connectivity index (χ1) is 13.7. The molecule has 1 heterocycles. The number of pyridine rings is 1. The highest BCUT2D eigenvalue weighted by Gasteiger charge is 2.11. The summed E-state index contributed by atoms with van der Waals surface area (Å²) < 4.78 is 26.6. The van der Waals surface area contributed by atoms with E-state index in [2.05, 4.69) is 4.72 Å². The first-order valence-corrected chi connectivity index (χ1v) is 11.0. The van der Waals surface area contributed by atoms with Crippen molar-refractivity contribution in [1.82, 2.24) is 9.47 Å². The molecule has 0 radical (unpaired) electrons. The second kappa shape index (κ2) is 8.59. The fraction of sp³-hybridized carbons (Fsp3) is 0.238. The minimum absolute atomic E-state index is 0.0719. The van der Waals surface area contributed by atoms with Gasteiger partial charge in [-0.05, 0) is 48.8 Å². The first-order valence-electron chi connectivity index (χ1n) is 9.11. The molecule has 0 saturated heterocycles. The summed E-state index contributed by atoms with van der Waals surface area (Å²) in [6, 6.07) is 17.4. The standard InChI is InChI=1S/C21H23N3O4S/c1-23(13-14-24-19-6-4-3-5-16(19)9-12-21(24)26)15-20(25)17-7-10-18(11-8-17)22-29(2,27)28/h3-12,22H,13-15H2,1-2H3. The lowest BCUT2D eigenvalue weighted by Gasteiger charge is -2.18. The molecular formula is C21H23N3O4S. The number of para-hydroxylation sites is 1. The lowest BCUT2D eigenvalue weighted by atomic mass is 10.1. The molecule has 0 unspecified atom stereocenters. The van der Waals surface area contributed by atoms with E-state index in [-0.39, 0.29) is 17.9 Å². The number of rotatable bonds is 8. The highest BCUT2D eigenvalue weighted by Crippen LogP contribution is 2.13. The Kier molecular flexibility index (Phi) is 6.14. The SMILES string of the molecule is CN(CCn1c(=O)ccc2ccccc21)CC(=O)c1ccc(NS(C)(=O)=O)cc1. The summed E-state index contributed by atoms with van der Waals surface area (Å²) in [7, 11) is -1.53. The van der Waals surface area contributed by atoms with Crippen LogP contribution in [0.4, 0.5) is 5.69 Å². The van der Waals surface area contributed by atoms with Crippen LogP contribution in [0.15, 0.2) is 65.5 Å². The molecule has 2 aromatic carbocycles. The van der Waals surface area contributed by atoms with E-state index in [4.69, 9.17) is 0 Å². The number of nitrogens with one attached hydrogen (secondary N) is 1. The van der Waals surface area contributed by atoms with Gasteiger partial charge in [0.05, 0.1) is 18.3 Å². The molecule has 0 saturated carbocycles. The number of carbonyl (C=O) groups is 1. The Morgan fingerprint density at radius 3 is 2.41 bits per heavy atom. The number of Topliss-reactive ketones (excluding diaryl/α,β-unsaturated/α-hetero) is 1. The van der Waals surface area contributed by atoms with Crippen LogP contribution in [0.25, 0.3) is 10.9 Å². The minimum atomic E-state index is -3.35. The molecule has 0 spiro atoms. The van der Waals surface area contributed by atoms with E-state index in [9.17, 15) is 18.0 Å². The number of likely N-dealkylation sites (N-methyl/N-ethyl adjacent to an activating group) is 1. The number of ketones is 1. The van der Waals surface area contributed by atoms with E-state index < -0.39 is 10.0 Å². The van der Waals surface area contributed by atoms with Gasteiger partial charge in [0.15, 0.2) is 5.78 Å². The van der Waals surface area contributed by atoms with Crippen LogP contribution >= 0.6 is 0 Å². The maximum absolute atomic E-state index is 12.5. The predicted molar refractivity (Wildman–Crippen MR) is 115 cm³/mol. The number of carbonyl (C=O) groups excluding carboxylic acids is 1. The highest BCUT2D eigenvalue weighted by molar-refractivity contribution is 7.92. The molecule has 8 heteroatoms. The topological polar surface area (TPSA) is 88.5 Å². The van der Waals surface area contributed by atoms with Crippen molar-refractivity contribution >= 4 is 32.4 Å². The van der Waals surface area contributed by atoms with E-state index in [1.807, 2.05) is 42.3 Å². The third-order valence-corrected chi connectivity index (χ3v) is 5.13. The van der Waals surface area contributed by atoms with E-state index in [0.717, 1.165) is 17.2 Å². The number of anilines is 1. The Morgan fingerprint density at radius 1 is 1.03 bits per heavy atom. The third-order valence-electron chi connectivity index (χ3n) is 4.53. The quantitative estimate of drug-likeness (QED) is 0.572. The summed E-state index contributed by atoms with van der Waals surface area (Å²) in [5.41, 5.74) is 1.71. The first kappa shape index (κ1) is 20.8. The van der Waals surface area contributed by atoms with Gasteiger partial charge in [0.2, 0.25) is 10.0 Å². The van der Waals surface area contributed by atoms with Crippen LogP contribution < -0.4 is 10.3 Å². The number of nitrogens with zero attached hydrogens (tertiary/aromatic N) is 2. The van der Waals surface area contributed by atoms with Crippen LogP contribution in [0.2, 0.25) is 0 Å². The van der Waals surface area contributed by atoms with Gasteiger partial charge < -0.3 is 4.57 Å². The second-order valence-corrected chi connectivity index (χ2v) is 8.74. The lowest BCUT2D eigenvalue weighted by Crippen LogP contribution is -2.32. The molecule has 0 aliphatic heterocycles. The van der Waals surface area contributed by atoms with Crippen LogP contribution in [0.3, 0.4) is 0 Å². The Balaban J connectivity index is 1.63. The molecule has 1 aromatic heterocycles. The molecule has 0 fully saturated rings. The number of fused-ring (bicyclic) bond motifs is 1. The number of aromatic nitrogens is 1. The van der Waals surface area contributed by atoms with Crippen molar-refractivity contribution in [3.63, 3.8) is 0 Å². The van der Waals surface area contributed by atoms with Crippen LogP contribution in [0.1, 0.15) is 10.4 Å². The fourth-order valence-electron chi connectivity index (χ4n) is 3.10. The molecular weight excluding hydrogens is 390 g/mol. The number of sulfonamides is 1. The molecule has 29 heavy (non-hydrogen) atoms. The van der Waals surface area contributed by atoms with Gasteiger partial charge in [-0.3, -0.25) is 19.2 Å². The van der Waals surface area contributed by atoms with Crippen LogP contribution in [-0.4, -0.2) is 50.1 Å². The van der Waals surface area contributed by atoms with Gasteiger partial charge in [-0.2, -0.15) is 0 Å². The zero-order valence-corrected chi connectivity index (χ0v) is 17.1. The van der Waals surface area contributed by atoms with Gasteiger partial charge in [-0.15, -0.1) is 0 Å². The molecule has 1 N–H and O–H groups in total. The van der Waals surface area contributed by atoms with E-state index >= 15 is 0 Å². The van der Waals surface area contributed by atoms with Crippen LogP contribution in [-0.2, 0) is 16.6 Å². The fourth-order valence-corrected chi connectivity index (χ4v) is 3.66. The van der Waals surface area contributed by atoms with Crippen molar-refractivity contribution in [3.05, 3.63) is 76.6 Å². The van der Waals surface area contributed by atoms with Gasteiger partial charge >= 0.3 is 0 Å². The largest absolute Gasteiger partial charge is 0.307 e. The summed E-state index contributed by atoms with van der Waals surface area (Å²) in [6.07, 6.45) is 1.07.